The van der Waals surface area contributed by atoms with E-state index in [2.05, 4.69) is 10.4 Å². The lowest BCUT2D eigenvalue weighted by molar-refractivity contribution is -0.138. The van der Waals surface area contributed by atoms with Crippen molar-refractivity contribution in [3.8, 4) is 16.9 Å². The lowest BCUT2D eigenvalue weighted by atomic mass is 10.1. The molecule has 0 aliphatic heterocycles. The molecule has 0 aliphatic carbocycles. The summed E-state index contributed by atoms with van der Waals surface area (Å²) >= 11 is 0. The van der Waals surface area contributed by atoms with Crippen LogP contribution in [0.1, 0.15) is 11.1 Å². The van der Waals surface area contributed by atoms with Crippen LogP contribution in [0.5, 0.6) is 0 Å². The highest BCUT2D eigenvalue weighted by Gasteiger charge is 2.27. The van der Waals surface area contributed by atoms with Crippen molar-refractivity contribution in [1.82, 2.24) is 20.4 Å². The number of benzene rings is 2. The van der Waals surface area contributed by atoms with Gasteiger partial charge in [0.2, 0.25) is 11.8 Å². The molecule has 3 aromatic rings. The van der Waals surface area contributed by atoms with Crippen molar-refractivity contribution in [3.63, 3.8) is 0 Å². The van der Waals surface area contributed by atoms with Crippen LogP contribution in [0.3, 0.4) is 0 Å². The number of carbonyl (C=O) groups excluding carboxylic acids is 2. The zero-order valence-electron chi connectivity index (χ0n) is 17.2. The maximum atomic E-state index is 12.1. The second-order valence-electron chi connectivity index (χ2n) is 7.02. The van der Waals surface area contributed by atoms with Crippen LogP contribution in [0.2, 0.25) is 0 Å². The molecule has 9 heteroatoms. The number of hydrogen-bond acceptors (Lipinski definition) is 3. The molecule has 32 heavy (non-hydrogen) atoms. The molecule has 0 radical (unpaired) electrons. The molecule has 3 rings (SSSR count). The first-order chi connectivity index (χ1) is 15.2. The molecule has 166 valence electrons. The summed E-state index contributed by atoms with van der Waals surface area (Å²) in [6.45, 7) is -0.0359. The van der Waals surface area contributed by atoms with Crippen LogP contribution >= 0.6 is 0 Å². The van der Waals surface area contributed by atoms with Gasteiger partial charge >= 0.3 is 6.18 Å². The monoisotopic (exact) mass is 442 g/mol. The predicted molar refractivity (Wildman–Crippen MR) is 115 cm³/mol. The highest BCUT2D eigenvalue weighted by Crippen LogP contribution is 2.25. The quantitative estimate of drug-likeness (QED) is 0.549. The Labute approximate surface area is 182 Å². The topological polar surface area (TPSA) is 76.0 Å². The molecule has 0 atom stereocenters. The molecule has 6 nitrogen and oxygen atoms in total. The Morgan fingerprint density at radius 3 is 2.38 bits per heavy atom. The summed E-state index contributed by atoms with van der Waals surface area (Å²) in [6, 6.07) is 17.2. The number of aryl methyl sites for hydroxylation is 1. The Morgan fingerprint density at radius 1 is 1.03 bits per heavy atom. The average molecular weight is 442 g/mol. The molecule has 1 heterocycles. The summed E-state index contributed by atoms with van der Waals surface area (Å²) < 4.78 is 38.1. The number of carbonyl (C=O) groups is 2. The van der Waals surface area contributed by atoms with Crippen LogP contribution in [0, 0.1) is 6.92 Å². The highest BCUT2D eigenvalue weighted by atomic mass is 19.4. The fourth-order valence-electron chi connectivity index (χ4n) is 2.81. The van der Waals surface area contributed by atoms with Crippen molar-refractivity contribution in [1.29, 1.82) is 0 Å². The van der Waals surface area contributed by atoms with Gasteiger partial charge in [0.15, 0.2) is 0 Å². The largest absolute Gasteiger partial charge is 0.405 e. The second-order valence-corrected chi connectivity index (χ2v) is 7.02. The molecule has 2 N–H and O–H groups in total. The van der Waals surface area contributed by atoms with E-state index in [0.717, 1.165) is 16.8 Å². The van der Waals surface area contributed by atoms with E-state index in [1.54, 1.807) is 22.3 Å². The van der Waals surface area contributed by atoms with E-state index in [1.165, 1.54) is 6.08 Å². The number of alkyl halides is 3. The summed E-state index contributed by atoms with van der Waals surface area (Å²) in [4.78, 5) is 23.5. The minimum atomic E-state index is -4.51. The molecule has 0 spiro atoms. The fourth-order valence-corrected chi connectivity index (χ4v) is 2.81. The molecule has 0 aliphatic rings. The molecular weight excluding hydrogens is 421 g/mol. The van der Waals surface area contributed by atoms with E-state index in [0.29, 0.717) is 11.3 Å². The van der Waals surface area contributed by atoms with E-state index < -0.39 is 31.1 Å². The van der Waals surface area contributed by atoms with Crippen molar-refractivity contribution in [2.45, 2.75) is 13.1 Å². The summed E-state index contributed by atoms with van der Waals surface area (Å²) in [5.41, 5.74) is 4.11. The lowest BCUT2D eigenvalue weighted by Crippen LogP contribution is -2.40. The number of hydrogen-bond donors (Lipinski definition) is 2. The first kappa shape index (κ1) is 22.8. The number of nitrogens with zero attached hydrogens (tertiary/aromatic N) is 2. The van der Waals surface area contributed by atoms with Crippen LogP contribution in [-0.4, -0.2) is 40.9 Å². The first-order valence-corrected chi connectivity index (χ1v) is 9.73. The minimum absolute atomic E-state index is 0.562. The van der Waals surface area contributed by atoms with Gasteiger partial charge in [-0.15, -0.1) is 0 Å². The van der Waals surface area contributed by atoms with Crippen molar-refractivity contribution in [3.05, 3.63) is 78.0 Å². The summed E-state index contributed by atoms with van der Waals surface area (Å²) in [5, 5.41) is 8.60. The van der Waals surface area contributed by atoms with Gasteiger partial charge in [-0.05, 0) is 25.1 Å². The van der Waals surface area contributed by atoms with Gasteiger partial charge in [-0.3, -0.25) is 9.59 Å². The molecule has 2 aromatic carbocycles. The van der Waals surface area contributed by atoms with E-state index in [-0.39, 0.29) is 0 Å². The Bertz CT molecular complexity index is 1100. The molecule has 0 unspecified atom stereocenters. The molecule has 1 aromatic heterocycles. The summed E-state index contributed by atoms with van der Waals surface area (Å²) in [6.07, 6.45) is 0.0147. The van der Waals surface area contributed by atoms with Gasteiger partial charge in [0, 0.05) is 23.4 Å². The van der Waals surface area contributed by atoms with Crippen LogP contribution in [-0.2, 0) is 9.59 Å². The van der Waals surface area contributed by atoms with Gasteiger partial charge in [-0.25, -0.2) is 4.68 Å². The Hall–Kier alpha value is -3.88. The van der Waals surface area contributed by atoms with Crippen molar-refractivity contribution < 1.29 is 22.8 Å². The van der Waals surface area contributed by atoms with Crippen LogP contribution in [0.4, 0.5) is 13.2 Å². The summed E-state index contributed by atoms with van der Waals surface area (Å²) in [7, 11) is 0. The third-order valence-electron chi connectivity index (χ3n) is 4.41. The van der Waals surface area contributed by atoms with E-state index in [9.17, 15) is 22.8 Å². The fraction of sp³-hybridized carbons (Fsp3) is 0.174. The molecule has 0 saturated heterocycles. The van der Waals surface area contributed by atoms with Gasteiger partial charge in [-0.1, -0.05) is 48.0 Å². The Morgan fingerprint density at radius 2 is 1.72 bits per heavy atom. The second kappa shape index (κ2) is 9.95. The first-order valence-electron chi connectivity index (χ1n) is 9.73. The van der Waals surface area contributed by atoms with Crippen LogP contribution in [0.25, 0.3) is 23.0 Å². The standard InChI is InChI=1S/C23H21F3N4O2/c1-16-7-9-17(10-8-16)22-18(14-30(29-22)19-5-3-2-4-6-19)11-12-20(31)27-13-21(32)28-15-23(24,25)26/h2-12,14H,13,15H2,1H3,(H,27,31)(H,28,32)/b12-11+. The van der Waals surface area contributed by atoms with Gasteiger partial charge in [0.1, 0.15) is 6.54 Å². The maximum absolute atomic E-state index is 12.1. The van der Waals surface area contributed by atoms with Crippen LogP contribution in [0.15, 0.2) is 66.9 Å². The Balaban J connectivity index is 1.75. The van der Waals surface area contributed by atoms with Crippen molar-refractivity contribution in [2.24, 2.45) is 0 Å². The molecule has 0 fully saturated rings. The maximum Gasteiger partial charge on any atom is 0.405 e. The lowest BCUT2D eigenvalue weighted by Gasteiger charge is -2.08. The normalized spacial score (nSPS) is 11.5. The van der Waals surface area contributed by atoms with Crippen LogP contribution < -0.4 is 10.6 Å². The third kappa shape index (κ3) is 6.56. The molecular formula is C23H21F3N4O2. The predicted octanol–water partition coefficient (Wildman–Crippen LogP) is 3.66. The zero-order chi connectivity index (χ0) is 23.1. The third-order valence-corrected chi connectivity index (χ3v) is 4.41. The van der Waals surface area contributed by atoms with Gasteiger partial charge in [-0.2, -0.15) is 18.3 Å². The minimum Gasteiger partial charge on any atom is -0.345 e. The summed E-state index contributed by atoms with van der Waals surface area (Å²) in [5.74, 6) is -1.55. The van der Waals surface area contributed by atoms with Gasteiger partial charge in [0.05, 0.1) is 17.9 Å². The molecule has 2 amide bonds. The highest BCUT2D eigenvalue weighted by molar-refractivity contribution is 5.95. The molecule has 0 saturated carbocycles. The Kier molecular flexibility index (Phi) is 7.09. The molecule has 0 bridgehead atoms. The number of rotatable bonds is 7. The van der Waals surface area contributed by atoms with Crippen molar-refractivity contribution >= 4 is 17.9 Å². The smallest absolute Gasteiger partial charge is 0.345 e. The number of halogens is 3. The number of aromatic nitrogens is 2. The number of nitrogens with one attached hydrogen (secondary N) is 2. The van der Waals surface area contributed by atoms with E-state index in [1.807, 2.05) is 61.5 Å². The zero-order valence-corrected chi connectivity index (χ0v) is 17.2. The van der Waals surface area contributed by atoms with Gasteiger partial charge in [0.25, 0.3) is 0 Å². The SMILES string of the molecule is Cc1ccc(-c2nn(-c3ccccc3)cc2/C=C/C(=O)NCC(=O)NCC(F)(F)F)cc1. The van der Waals surface area contributed by atoms with Crippen molar-refractivity contribution in [2.75, 3.05) is 13.1 Å². The number of amides is 2. The van der Waals surface area contributed by atoms with E-state index >= 15 is 0 Å². The van der Waals surface area contributed by atoms with E-state index in [4.69, 9.17) is 0 Å². The number of para-hydroxylation sites is 1. The average Bonchev–Trinajstić information content (AvgIpc) is 3.20. The van der Waals surface area contributed by atoms with Gasteiger partial charge < -0.3 is 10.6 Å².